The number of amidine groups is 1. The number of ether oxygens (including phenoxy) is 1. The predicted octanol–water partition coefficient (Wildman–Crippen LogP) is 3.36. The van der Waals surface area contributed by atoms with Crippen molar-refractivity contribution in [2.45, 2.75) is 0 Å². The van der Waals surface area contributed by atoms with Gasteiger partial charge in [-0.1, -0.05) is 23.7 Å². The summed E-state index contributed by atoms with van der Waals surface area (Å²) in [5.41, 5.74) is 8.28. The molecule has 0 fully saturated rings. The van der Waals surface area contributed by atoms with Gasteiger partial charge in [0.1, 0.15) is 17.6 Å². The van der Waals surface area contributed by atoms with E-state index in [1.54, 1.807) is 42.5 Å². The molecule has 0 heterocycles. The molecule has 0 atom stereocenters. The summed E-state index contributed by atoms with van der Waals surface area (Å²) in [5.74, 6) is 0.773. The fourth-order valence-electron chi connectivity index (χ4n) is 1.52. The van der Waals surface area contributed by atoms with Crippen LogP contribution in [-0.2, 0) is 0 Å². The zero-order chi connectivity index (χ0) is 15.9. The highest BCUT2D eigenvalue weighted by Crippen LogP contribution is 2.29. The number of hydrogen-bond acceptors (Lipinski definition) is 5. The van der Waals surface area contributed by atoms with E-state index in [1.807, 2.05) is 12.1 Å². The number of hydrazone groups is 1. The number of hydrogen-bond donors (Lipinski definition) is 3. The third-order valence-electron chi connectivity index (χ3n) is 2.58. The van der Waals surface area contributed by atoms with Crippen molar-refractivity contribution in [3.63, 3.8) is 0 Å². The molecule has 6 nitrogen and oxygen atoms in total. The van der Waals surface area contributed by atoms with E-state index >= 15 is 0 Å². The van der Waals surface area contributed by atoms with E-state index in [1.165, 1.54) is 0 Å². The molecule has 22 heavy (non-hydrogen) atoms. The Kier molecular flexibility index (Phi) is 4.96. The molecular formula is C15H12ClN5O. The van der Waals surface area contributed by atoms with E-state index in [4.69, 9.17) is 32.7 Å². The van der Waals surface area contributed by atoms with Crippen molar-refractivity contribution in [3.05, 3.63) is 53.6 Å². The zero-order valence-corrected chi connectivity index (χ0v) is 12.1. The minimum absolute atomic E-state index is 0.184. The highest BCUT2D eigenvalue weighted by atomic mass is 35.5. The van der Waals surface area contributed by atoms with Crippen LogP contribution in [0.3, 0.4) is 0 Å². The lowest BCUT2D eigenvalue weighted by atomic mass is 10.3. The van der Waals surface area contributed by atoms with Crippen LogP contribution in [0.4, 0.5) is 5.69 Å². The van der Waals surface area contributed by atoms with E-state index < -0.39 is 5.84 Å². The van der Waals surface area contributed by atoms with Crippen LogP contribution >= 0.6 is 11.6 Å². The SMILES string of the molecule is N#C/C(=N\Nc1ccc(Oc2ccccc2Cl)cc1)C(=N)N. The van der Waals surface area contributed by atoms with Gasteiger partial charge in [0.25, 0.3) is 0 Å². The van der Waals surface area contributed by atoms with Gasteiger partial charge in [-0.15, -0.1) is 0 Å². The van der Waals surface area contributed by atoms with Gasteiger partial charge in [-0.3, -0.25) is 10.8 Å². The second-order valence-corrected chi connectivity index (χ2v) is 4.56. The number of benzene rings is 2. The van der Waals surface area contributed by atoms with Gasteiger partial charge in [-0.2, -0.15) is 10.4 Å². The molecule has 0 spiro atoms. The summed E-state index contributed by atoms with van der Waals surface area (Å²) in [6, 6.07) is 15.8. The molecule has 2 aromatic rings. The largest absolute Gasteiger partial charge is 0.456 e. The van der Waals surface area contributed by atoms with Crippen LogP contribution in [0.25, 0.3) is 0 Å². The van der Waals surface area contributed by atoms with E-state index in [0.717, 1.165) is 0 Å². The number of rotatable bonds is 5. The number of nitrogens with zero attached hydrogens (tertiary/aromatic N) is 2. The van der Waals surface area contributed by atoms with Crippen LogP contribution in [-0.4, -0.2) is 11.5 Å². The number of anilines is 1. The van der Waals surface area contributed by atoms with Crippen LogP contribution in [0.2, 0.25) is 5.02 Å². The Bertz CT molecular complexity index is 749. The Morgan fingerprint density at radius 2 is 1.91 bits per heavy atom. The van der Waals surface area contributed by atoms with Gasteiger partial charge in [0.05, 0.1) is 10.7 Å². The number of halogens is 1. The van der Waals surface area contributed by atoms with Gasteiger partial charge in [-0.25, -0.2) is 0 Å². The first-order valence-corrected chi connectivity index (χ1v) is 6.58. The highest BCUT2D eigenvalue weighted by molar-refractivity contribution is 6.45. The van der Waals surface area contributed by atoms with E-state index in [-0.39, 0.29) is 5.71 Å². The van der Waals surface area contributed by atoms with Crippen molar-refractivity contribution in [1.82, 2.24) is 0 Å². The van der Waals surface area contributed by atoms with Crippen LogP contribution in [0.5, 0.6) is 11.5 Å². The molecule has 0 saturated carbocycles. The molecule has 7 heteroatoms. The third kappa shape index (κ3) is 3.98. The van der Waals surface area contributed by atoms with Gasteiger partial charge in [0.15, 0.2) is 5.84 Å². The molecule has 2 rings (SSSR count). The minimum Gasteiger partial charge on any atom is -0.456 e. The topological polar surface area (TPSA) is 107 Å². The number of nitrogens with one attached hydrogen (secondary N) is 2. The standard InChI is InChI=1S/C15H12ClN5O/c16-12-3-1-2-4-14(12)22-11-7-5-10(6-8-11)20-21-13(9-17)15(18)19/h1-8,20H,(H3,18,19)/b21-13+. The van der Waals surface area contributed by atoms with Crippen LogP contribution in [0, 0.1) is 16.7 Å². The normalized spacial score (nSPS) is 10.6. The van der Waals surface area contributed by atoms with Crippen molar-refractivity contribution < 1.29 is 4.74 Å². The fraction of sp³-hybridized carbons (Fsp3) is 0. The maximum absolute atomic E-state index is 8.73. The molecule has 0 saturated heterocycles. The molecule has 0 amide bonds. The van der Waals surface area contributed by atoms with Crippen molar-refractivity contribution in [2.24, 2.45) is 10.8 Å². The molecule has 4 N–H and O–H groups in total. The fourth-order valence-corrected chi connectivity index (χ4v) is 1.69. The molecule has 0 aliphatic heterocycles. The summed E-state index contributed by atoms with van der Waals surface area (Å²) in [5, 5.41) is 20.1. The summed E-state index contributed by atoms with van der Waals surface area (Å²) in [7, 11) is 0. The maximum Gasteiger partial charge on any atom is 0.201 e. The molecule has 110 valence electrons. The minimum atomic E-state index is -0.395. The van der Waals surface area contributed by atoms with Gasteiger partial charge >= 0.3 is 0 Å². The summed E-state index contributed by atoms with van der Waals surface area (Å²) in [4.78, 5) is 0. The second kappa shape index (κ2) is 7.11. The molecule has 0 bridgehead atoms. The lowest BCUT2D eigenvalue weighted by molar-refractivity contribution is 0.483. The van der Waals surface area contributed by atoms with Crippen molar-refractivity contribution in [1.29, 1.82) is 10.7 Å². The third-order valence-corrected chi connectivity index (χ3v) is 2.89. The number of para-hydroxylation sites is 1. The molecular weight excluding hydrogens is 302 g/mol. The van der Waals surface area contributed by atoms with Crippen molar-refractivity contribution >= 4 is 28.8 Å². The van der Waals surface area contributed by atoms with Gasteiger partial charge in [0.2, 0.25) is 5.71 Å². The monoisotopic (exact) mass is 313 g/mol. The van der Waals surface area contributed by atoms with Gasteiger partial charge in [-0.05, 0) is 36.4 Å². The zero-order valence-electron chi connectivity index (χ0n) is 11.4. The number of nitrogens with two attached hydrogens (primary N) is 1. The van der Waals surface area contributed by atoms with Crippen LogP contribution < -0.4 is 15.9 Å². The maximum atomic E-state index is 8.73. The molecule has 0 aliphatic rings. The molecule has 0 aliphatic carbocycles. The Morgan fingerprint density at radius 3 is 2.50 bits per heavy atom. The molecule has 0 radical (unpaired) electrons. The summed E-state index contributed by atoms with van der Waals surface area (Å²) < 4.78 is 5.65. The van der Waals surface area contributed by atoms with E-state index in [2.05, 4.69) is 10.5 Å². The quantitative estimate of drug-likeness (QED) is 0.447. The first-order valence-electron chi connectivity index (χ1n) is 6.21. The Labute approximate surface area is 132 Å². The molecule has 0 unspecified atom stereocenters. The van der Waals surface area contributed by atoms with Gasteiger partial charge < -0.3 is 10.5 Å². The van der Waals surface area contributed by atoms with Gasteiger partial charge in [0, 0.05) is 0 Å². The first kappa shape index (κ1) is 15.4. The van der Waals surface area contributed by atoms with Crippen molar-refractivity contribution in [3.8, 4) is 17.6 Å². The Morgan fingerprint density at radius 1 is 1.23 bits per heavy atom. The van der Waals surface area contributed by atoms with Crippen molar-refractivity contribution in [2.75, 3.05) is 5.43 Å². The second-order valence-electron chi connectivity index (χ2n) is 4.15. The smallest absolute Gasteiger partial charge is 0.201 e. The highest BCUT2D eigenvalue weighted by Gasteiger charge is 2.03. The summed E-state index contributed by atoms with van der Waals surface area (Å²) in [6.45, 7) is 0. The Hall–Kier alpha value is -3.04. The predicted molar refractivity (Wildman–Crippen MR) is 86.6 cm³/mol. The average Bonchev–Trinajstić information content (AvgIpc) is 2.51. The first-order chi connectivity index (χ1) is 10.6. The lowest BCUT2D eigenvalue weighted by Gasteiger charge is -2.08. The van der Waals surface area contributed by atoms with E-state index in [0.29, 0.717) is 22.2 Å². The summed E-state index contributed by atoms with van der Waals surface area (Å²) in [6.07, 6.45) is 0. The Balaban J connectivity index is 2.07. The molecule has 0 aromatic heterocycles. The van der Waals surface area contributed by atoms with Crippen LogP contribution in [0.15, 0.2) is 53.6 Å². The van der Waals surface area contributed by atoms with E-state index in [9.17, 15) is 0 Å². The number of nitriles is 1. The lowest BCUT2D eigenvalue weighted by Crippen LogP contribution is -2.21. The molecule has 2 aromatic carbocycles. The average molecular weight is 314 g/mol. The summed E-state index contributed by atoms with van der Waals surface area (Å²) >= 11 is 6.02. The van der Waals surface area contributed by atoms with Crippen LogP contribution in [0.1, 0.15) is 0 Å².